The van der Waals surface area contributed by atoms with Crippen LogP contribution < -0.4 is 0 Å². The Bertz CT molecular complexity index is 554. The third-order valence-electron chi connectivity index (χ3n) is 5.88. The van der Waals surface area contributed by atoms with Crippen LogP contribution in [-0.4, -0.2) is 59.7 Å². The summed E-state index contributed by atoms with van der Waals surface area (Å²) in [5.74, 6) is 1.87. The molecule has 0 spiro atoms. The lowest BCUT2D eigenvalue weighted by Gasteiger charge is -2.41. The minimum absolute atomic E-state index is 0.0923. The average molecular weight is 463 g/mol. The molecular formula is C22H42O4S2Si. The zero-order valence-electron chi connectivity index (χ0n) is 19.7. The molecule has 4 atom stereocenters. The summed E-state index contributed by atoms with van der Waals surface area (Å²) in [6.07, 6.45) is 3.96. The standard InChI is InChI=1S/C22H42O4S2Si/c1-15(2)11-12-16(26-29(8,9)21(3,4)5)18-19(25-22(6,7)24-18)17(23)20-27-13-10-14-28-20/h11-12,15-20,23H,10,13-14H2,1-9H3/b12-11+/t16-,17?,18?,19?/m1/s1. The summed E-state index contributed by atoms with van der Waals surface area (Å²) in [6, 6.07) is 0. The van der Waals surface area contributed by atoms with Crippen LogP contribution in [0.5, 0.6) is 0 Å². The summed E-state index contributed by atoms with van der Waals surface area (Å²) >= 11 is 3.67. The highest BCUT2D eigenvalue weighted by Gasteiger charge is 2.52. The quantitative estimate of drug-likeness (QED) is 0.389. The molecule has 0 saturated carbocycles. The van der Waals surface area contributed by atoms with Crippen LogP contribution in [0.25, 0.3) is 0 Å². The van der Waals surface area contributed by atoms with Crippen LogP contribution in [0.15, 0.2) is 12.2 Å². The van der Waals surface area contributed by atoms with Crippen molar-refractivity contribution in [1.29, 1.82) is 0 Å². The first-order valence-electron chi connectivity index (χ1n) is 10.9. The Hall–Kier alpha value is 0.497. The molecule has 29 heavy (non-hydrogen) atoms. The van der Waals surface area contributed by atoms with E-state index in [-0.39, 0.29) is 21.8 Å². The first-order chi connectivity index (χ1) is 13.2. The zero-order chi connectivity index (χ0) is 22.0. The van der Waals surface area contributed by atoms with Gasteiger partial charge in [-0.2, -0.15) is 0 Å². The van der Waals surface area contributed by atoms with Crippen molar-refractivity contribution in [3.63, 3.8) is 0 Å². The number of aliphatic hydroxyl groups excluding tert-OH is 1. The first-order valence-corrected chi connectivity index (χ1v) is 15.9. The van der Waals surface area contributed by atoms with Crippen molar-refractivity contribution in [3.8, 4) is 0 Å². The summed E-state index contributed by atoms with van der Waals surface area (Å²) < 4.78 is 19.6. The second-order valence-electron chi connectivity index (χ2n) is 10.5. The lowest BCUT2D eigenvalue weighted by Crippen LogP contribution is -2.51. The number of ether oxygens (including phenoxy) is 2. The molecule has 0 radical (unpaired) electrons. The number of hydrogen-bond donors (Lipinski definition) is 1. The Morgan fingerprint density at radius 3 is 2.14 bits per heavy atom. The molecule has 1 N–H and O–H groups in total. The van der Waals surface area contributed by atoms with Gasteiger partial charge in [-0.05, 0) is 55.8 Å². The van der Waals surface area contributed by atoms with E-state index in [1.165, 1.54) is 6.42 Å². The lowest BCUT2D eigenvalue weighted by molar-refractivity contribution is -0.157. The van der Waals surface area contributed by atoms with Gasteiger partial charge in [0.1, 0.15) is 18.3 Å². The number of allylic oxidation sites excluding steroid dienone is 1. The molecule has 0 aromatic carbocycles. The molecule has 2 aliphatic heterocycles. The molecule has 170 valence electrons. The third-order valence-corrected chi connectivity index (χ3v) is 13.4. The molecule has 0 bridgehead atoms. The minimum Gasteiger partial charge on any atom is -0.408 e. The maximum Gasteiger partial charge on any atom is 0.193 e. The van der Waals surface area contributed by atoms with Crippen molar-refractivity contribution in [2.45, 2.75) is 108 Å². The highest BCUT2D eigenvalue weighted by Crippen LogP contribution is 2.43. The fourth-order valence-corrected chi connectivity index (χ4v) is 7.44. The van der Waals surface area contributed by atoms with E-state index in [1.807, 2.05) is 37.4 Å². The van der Waals surface area contributed by atoms with E-state index in [1.54, 1.807) is 0 Å². The van der Waals surface area contributed by atoms with Crippen molar-refractivity contribution in [1.82, 2.24) is 0 Å². The van der Waals surface area contributed by atoms with E-state index in [9.17, 15) is 5.11 Å². The summed E-state index contributed by atoms with van der Waals surface area (Å²) in [7, 11) is -2.04. The Balaban J connectivity index is 2.31. The van der Waals surface area contributed by atoms with Gasteiger partial charge in [0.25, 0.3) is 0 Å². The van der Waals surface area contributed by atoms with Crippen LogP contribution in [0.1, 0.15) is 54.9 Å². The monoisotopic (exact) mass is 462 g/mol. The van der Waals surface area contributed by atoms with Gasteiger partial charge in [0.15, 0.2) is 14.1 Å². The number of hydrogen-bond acceptors (Lipinski definition) is 6. The molecule has 4 nitrogen and oxygen atoms in total. The topological polar surface area (TPSA) is 47.9 Å². The molecule has 7 heteroatoms. The minimum atomic E-state index is -2.04. The molecule has 2 rings (SSSR count). The fourth-order valence-electron chi connectivity index (χ4n) is 3.26. The molecule has 2 aliphatic rings. The summed E-state index contributed by atoms with van der Waals surface area (Å²) in [5.41, 5.74) is 0. The molecular weight excluding hydrogens is 420 g/mol. The van der Waals surface area contributed by atoms with Gasteiger partial charge in [-0.15, -0.1) is 23.5 Å². The maximum atomic E-state index is 11.2. The van der Waals surface area contributed by atoms with Gasteiger partial charge in [-0.25, -0.2) is 0 Å². The van der Waals surface area contributed by atoms with Gasteiger partial charge in [0, 0.05) is 0 Å². The average Bonchev–Trinajstić information content (AvgIpc) is 2.93. The van der Waals surface area contributed by atoms with E-state index in [4.69, 9.17) is 13.9 Å². The molecule has 0 aromatic rings. The van der Waals surface area contributed by atoms with Crippen LogP contribution in [-0.2, 0) is 13.9 Å². The molecule has 3 unspecified atom stereocenters. The highest BCUT2D eigenvalue weighted by molar-refractivity contribution is 8.17. The van der Waals surface area contributed by atoms with Crippen molar-refractivity contribution in [2.75, 3.05) is 11.5 Å². The zero-order valence-corrected chi connectivity index (χ0v) is 22.4. The number of aliphatic hydroxyl groups is 1. The Morgan fingerprint density at radius 2 is 1.62 bits per heavy atom. The molecule has 0 aromatic heterocycles. The van der Waals surface area contributed by atoms with Gasteiger partial charge in [0.2, 0.25) is 0 Å². The Kier molecular flexibility index (Phi) is 8.85. The van der Waals surface area contributed by atoms with Gasteiger partial charge in [-0.1, -0.05) is 46.8 Å². The van der Waals surface area contributed by atoms with Crippen LogP contribution in [0.3, 0.4) is 0 Å². The van der Waals surface area contributed by atoms with Gasteiger partial charge >= 0.3 is 0 Å². The van der Waals surface area contributed by atoms with E-state index in [2.05, 4.69) is 59.9 Å². The largest absolute Gasteiger partial charge is 0.408 e. The van der Waals surface area contributed by atoms with Crippen LogP contribution in [0.2, 0.25) is 18.1 Å². The van der Waals surface area contributed by atoms with E-state index in [0.29, 0.717) is 5.92 Å². The summed E-state index contributed by atoms with van der Waals surface area (Å²) in [4.78, 5) is 0. The predicted molar refractivity (Wildman–Crippen MR) is 129 cm³/mol. The Morgan fingerprint density at radius 1 is 1.07 bits per heavy atom. The number of thioether (sulfide) groups is 2. The van der Waals surface area contributed by atoms with Crippen molar-refractivity contribution >= 4 is 31.8 Å². The normalized spacial score (nSPS) is 28.9. The van der Waals surface area contributed by atoms with Gasteiger partial charge < -0.3 is 19.0 Å². The first kappa shape index (κ1) is 25.8. The molecule has 2 fully saturated rings. The smallest absolute Gasteiger partial charge is 0.193 e. The SMILES string of the molecule is CC(C)/C=C/[C@@H](O[Si](C)(C)C(C)(C)C)C1OC(C)(C)OC1C(O)C1SCCCS1. The summed E-state index contributed by atoms with van der Waals surface area (Å²) in [5, 5.41) is 11.3. The van der Waals surface area contributed by atoms with Crippen LogP contribution >= 0.6 is 23.5 Å². The highest BCUT2D eigenvalue weighted by atomic mass is 32.2. The molecule has 0 aliphatic carbocycles. The van der Waals surface area contributed by atoms with E-state index < -0.39 is 26.3 Å². The third kappa shape index (κ3) is 6.99. The summed E-state index contributed by atoms with van der Waals surface area (Å²) in [6.45, 7) is 19.5. The molecule has 2 heterocycles. The van der Waals surface area contributed by atoms with E-state index in [0.717, 1.165) is 11.5 Å². The Labute approximate surface area is 188 Å². The van der Waals surface area contributed by atoms with Gasteiger partial charge in [-0.3, -0.25) is 0 Å². The molecule has 2 saturated heterocycles. The fraction of sp³-hybridized carbons (Fsp3) is 0.909. The van der Waals surface area contributed by atoms with Crippen molar-refractivity contribution < 1.29 is 19.0 Å². The van der Waals surface area contributed by atoms with Crippen molar-refractivity contribution in [3.05, 3.63) is 12.2 Å². The molecule has 0 amide bonds. The predicted octanol–water partition coefficient (Wildman–Crippen LogP) is 5.67. The second kappa shape index (κ2) is 9.97. The number of rotatable bonds is 7. The lowest BCUT2D eigenvalue weighted by atomic mass is 10.0. The maximum absolute atomic E-state index is 11.2. The van der Waals surface area contributed by atoms with Crippen LogP contribution in [0.4, 0.5) is 0 Å². The van der Waals surface area contributed by atoms with Crippen molar-refractivity contribution in [2.24, 2.45) is 5.92 Å². The van der Waals surface area contributed by atoms with E-state index >= 15 is 0 Å². The van der Waals surface area contributed by atoms with Gasteiger partial charge in [0.05, 0.1) is 10.7 Å². The van der Waals surface area contributed by atoms with Crippen LogP contribution in [0, 0.1) is 5.92 Å². The second-order valence-corrected chi connectivity index (χ2v) is 18.0.